The molecule has 5 heteroatoms. The van der Waals surface area contributed by atoms with E-state index in [1.165, 1.54) is 6.92 Å². The lowest BCUT2D eigenvalue weighted by Crippen LogP contribution is -2.29. The van der Waals surface area contributed by atoms with Crippen molar-refractivity contribution in [1.29, 1.82) is 5.26 Å². The number of hydrogen-bond donors (Lipinski definition) is 0. The molecule has 0 aromatic carbocycles. The van der Waals surface area contributed by atoms with Crippen LogP contribution in [0.2, 0.25) is 0 Å². The van der Waals surface area contributed by atoms with Crippen molar-refractivity contribution in [2.45, 2.75) is 33.6 Å². The van der Waals surface area contributed by atoms with Crippen molar-refractivity contribution >= 4 is 11.9 Å². The molecule has 1 unspecified atom stereocenters. The highest BCUT2D eigenvalue weighted by Crippen LogP contribution is 2.24. The SMILES string of the molecule is CCOC(=O)CCC(C)(C#N)C(=O)OCC. The average molecular weight is 227 g/mol. The predicted molar refractivity (Wildman–Crippen MR) is 56.2 cm³/mol. The molecule has 0 aliphatic rings. The monoisotopic (exact) mass is 227 g/mol. The lowest BCUT2D eigenvalue weighted by atomic mass is 9.87. The summed E-state index contributed by atoms with van der Waals surface area (Å²) in [6.45, 7) is 5.34. The number of carbonyl (C=O) groups excluding carboxylic acids is 2. The van der Waals surface area contributed by atoms with Crippen molar-refractivity contribution in [1.82, 2.24) is 0 Å². The third-order valence-electron chi connectivity index (χ3n) is 2.11. The number of esters is 2. The van der Waals surface area contributed by atoms with Gasteiger partial charge in [0.25, 0.3) is 0 Å². The zero-order valence-corrected chi connectivity index (χ0v) is 9.91. The highest BCUT2D eigenvalue weighted by molar-refractivity contribution is 5.80. The van der Waals surface area contributed by atoms with Crippen LogP contribution in [-0.4, -0.2) is 25.2 Å². The van der Waals surface area contributed by atoms with Crippen molar-refractivity contribution in [2.24, 2.45) is 5.41 Å². The number of nitriles is 1. The minimum absolute atomic E-state index is 0.0384. The van der Waals surface area contributed by atoms with Gasteiger partial charge in [0, 0.05) is 6.42 Å². The van der Waals surface area contributed by atoms with Gasteiger partial charge >= 0.3 is 11.9 Å². The molecule has 0 amide bonds. The van der Waals surface area contributed by atoms with Crippen LogP contribution < -0.4 is 0 Å². The Bertz CT molecular complexity index is 295. The van der Waals surface area contributed by atoms with Crippen LogP contribution >= 0.6 is 0 Å². The molecule has 0 aliphatic carbocycles. The second-order valence-electron chi connectivity index (χ2n) is 3.47. The lowest BCUT2D eigenvalue weighted by Gasteiger charge is -2.18. The van der Waals surface area contributed by atoms with E-state index in [2.05, 4.69) is 0 Å². The van der Waals surface area contributed by atoms with Gasteiger partial charge in [-0.15, -0.1) is 0 Å². The Morgan fingerprint density at radius 3 is 2.25 bits per heavy atom. The first-order valence-electron chi connectivity index (χ1n) is 5.24. The van der Waals surface area contributed by atoms with Crippen molar-refractivity contribution in [3.8, 4) is 6.07 Å². The minimum atomic E-state index is -1.28. The largest absolute Gasteiger partial charge is 0.466 e. The summed E-state index contributed by atoms with van der Waals surface area (Å²) >= 11 is 0. The summed E-state index contributed by atoms with van der Waals surface area (Å²) in [5, 5.41) is 8.92. The molecular formula is C11H17NO4. The van der Waals surface area contributed by atoms with Gasteiger partial charge < -0.3 is 9.47 Å². The predicted octanol–water partition coefficient (Wildman–Crippen LogP) is 1.42. The van der Waals surface area contributed by atoms with E-state index in [0.717, 1.165) is 0 Å². The van der Waals surface area contributed by atoms with Gasteiger partial charge in [-0.1, -0.05) is 0 Å². The van der Waals surface area contributed by atoms with E-state index in [1.54, 1.807) is 13.8 Å². The van der Waals surface area contributed by atoms with Crippen molar-refractivity contribution < 1.29 is 19.1 Å². The Morgan fingerprint density at radius 1 is 1.25 bits per heavy atom. The van der Waals surface area contributed by atoms with Crippen LogP contribution in [0.4, 0.5) is 0 Å². The number of carbonyl (C=O) groups is 2. The maximum absolute atomic E-state index is 11.5. The Morgan fingerprint density at radius 2 is 1.81 bits per heavy atom. The number of ether oxygens (including phenoxy) is 2. The molecule has 16 heavy (non-hydrogen) atoms. The smallest absolute Gasteiger partial charge is 0.326 e. The van der Waals surface area contributed by atoms with E-state index >= 15 is 0 Å². The third kappa shape index (κ3) is 4.30. The Kier molecular flexibility index (Phi) is 6.16. The summed E-state index contributed by atoms with van der Waals surface area (Å²) in [6.07, 6.45) is 0.151. The molecule has 0 spiro atoms. The zero-order valence-electron chi connectivity index (χ0n) is 9.91. The highest BCUT2D eigenvalue weighted by atomic mass is 16.5. The van der Waals surface area contributed by atoms with Gasteiger partial charge in [0.05, 0.1) is 19.3 Å². The summed E-state index contributed by atoms with van der Waals surface area (Å²) in [6, 6.07) is 1.88. The van der Waals surface area contributed by atoms with E-state index < -0.39 is 17.4 Å². The molecule has 0 saturated carbocycles. The summed E-state index contributed by atoms with van der Waals surface area (Å²) < 4.78 is 9.50. The van der Waals surface area contributed by atoms with E-state index in [9.17, 15) is 9.59 Å². The first-order chi connectivity index (χ1) is 7.50. The second kappa shape index (κ2) is 6.83. The highest BCUT2D eigenvalue weighted by Gasteiger charge is 2.35. The molecule has 1 atom stereocenters. The van der Waals surface area contributed by atoms with Gasteiger partial charge in [-0.25, -0.2) is 0 Å². The van der Waals surface area contributed by atoms with Crippen LogP contribution in [0, 0.1) is 16.7 Å². The summed E-state index contributed by atoms with van der Waals surface area (Å²) in [5.74, 6) is -1.00. The lowest BCUT2D eigenvalue weighted by molar-refractivity contribution is -0.152. The molecule has 0 aromatic rings. The van der Waals surface area contributed by atoms with Gasteiger partial charge in [0.2, 0.25) is 0 Å². The second-order valence-corrected chi connectivity index (χ2v) is 3.47. The molecule has 0 bridgehead atoms. The van der Waals surface area contributed by atoms with Crippen LogP contribution in [0.1, 0.15) is 33.6 Å². The van der Waals surface area contributed by atoms with Crippen LogP contribution in [0.25, 0.3) is 0 Å². The fourth-order valence-corrected chi connectivity index (χ4v) is 1.08. The van der Waals surface area contributed by atoms with Crippen LogP contribution in [0.5, 0.6) is 0 Å². The van der Waals surface area contributed by atoms with E-state index in [-0.39, 0.29) is 19.4 Å². The van der Waals surface area contributed by atoms with Crippen LogP contribution in [0.15, 0.2) is 0 Å². The van der Waals surface area contributed by atoms with E-state index in [1.807, 2.05) is 6.07 Å². The Hall–Kier alpha value is -1.57. The first kappa shape index (κ1) is 14.4. The number of rotatable bonds is 6. The number of hydrogen-bond acceptors (Lipinski definition) is 5. The average Bonchev–Trinajstić information content (AvgIpc) is 2.26. The topological polar surface area (TPSA) is 76.4 Å². The Balaban J connectivity index is 4.33. The van der Waals surface area contributed by atoms with Crippen molar-refractivity contribution in [3.05, 3.63) is 0 Å². The molecule has 90 valence electrons. The van der Waals surface area contributed by atoms with Crippen LogP contribution in [-0.2, 0) is 19.1 Å². The number of nitrogens with zero attached hydrogens (tertiary/aromatic N) is 1. The van der Waals surface area contributed by atoms with Crippen molar-refractivity contribution in [2.75, 3.05) is 13.2 Å². The van der Waals surface area contributed by atoms with Crippen molar-refractivity contribution in [3.63, 3.8) is 0 Å². The molecule has 0 N–H and O–H groups in total. The van der Waals surface area contributed by atoms with Gasteiger partial charge in [-0.05, 0) is 27.2 Å². The molecule has 0 rings (SSSR count). The molecule has 0 saturated heterocycles. The molecule has 0 aliphatic heterocycles. The van der Waals surface area contributed by atoms with Gasteiger partial charge in [-0.3, -0.25) is 9.59 Å². The van der Waals surface area contributed by atoms with E-state index in [4.69, 9.17) is 14.7 Å². The fraction of sp³-hybridized carbons (Fsp3) is 0.727. The van der Waals surface area contributed by atoms with Gasteiger partial charge in [0.15, 0.2) is 5.41 Å². The Labute approximate surface area is 95.3 Å². The maximum Gasteiger partial charge on any atom is 0.326 e. The third-order valence-corrected chi connectivity index (χ3v) is 2.11. The minimum Gasteiger partial charge on any atom is -0.466 e. The standard InChI is InChI=1S/C11H17NO4/c1-4-15-9(13)6-7-11(3,8-12)10(14)16-5-2/h4-7H2,1-3H3. The van der Waals surface area contributed by atoms with Gasteiger partial charge in [0.1, 0.15) is 0 Å². The molecular weight excluding hydrogens is 210 g/mol. The molecule has 0 heterocycles. The normalized spacial score (nSPS) is 13.4. The summed E-state index contributed by atoms with van der Waals surface area (Å²) in [7, 11) is 0. The maximum atomic E-state index is 11.5. The molecule has 0 aromatic heterocycles. The van der Waals surface area contributed by atoms with Crippen LogP contribution in [0.3, 0.4) is 0 Å². The molecule has 0 fully saturated rings. The molecule has 5 nitrogen and oxygen atoms in total. The zero-order chi connectivity index (χ0) is 12.6. The summed E-state index contributed by atoms with van der Waals surface area (Å²) in [5.41, 5.74) is -1.28. The fourth-order valence-electron chi connectivity index (χ4n) is 1.08. The summed E-state index contributed by atoms with van der Waals surface area (Å²) in [4.78, 5) is 22.6. The van der Waals surface area contributed by atoms with Gasteiger partial charge in [-0.2, -0.15) is 5.26 Å². The first-order valence-corrected chi connectivity index (χ1v) is 5.24. The molecule has 0 radical (unpaired) electrons. The quantitative estimate of drug-likeness (QED) is 0.641. The van der Waals surface area contributed by atoms with E-state index in [0.29, 0.717) is 6.61 Å².